The van der Waals surface area contributed by atoms with Gasteiger partial charge in [-0.3, -0.25) is 0 Å². The summed E-state index contributed by atoms with van der Waals surface area (Å²) in [5.74, 6) is -1.84. The van der Waals surface area contributed by atoms with Crippen LogP contribution in [0.3, 0.4) is 0 Å². The summed E-state index contributed by atoms with van der Waals surface area (Å²) in [6, 6.07) is 1.26. The molecule has 0 amide bonds. The zero-order valence-electron chi connectivity index (χ0n) is 19.1. The highest BCUT2D eigenvalue weighted by molar-refractivity contribution is 5.85. The molecular formula is C26H30F5NO. The zero-order valence-corrected chi connectivity index (χ0v) is 19.1. The number of ether oxygens (including phenoxy) is 1. The molecule has 2 aliphatic rings. The van der Waals surface area contributed by atoms with Crippen LogP contribution in [0.4, 0.5) is 27.7 Å². The molecule has 1 saturated heterocycles. The molecule has 0 radical (unpaired) electrons. The second kappa shape index (κ2) is 9.61. The maximum atomic E-state index is 15.5. The van der Waals surface area contributed by atoms with Gasteiger partial charge in [0.2, 0.25) is 0 Å². The standard InChI is InChI=1S/C26H30F5NO/c1-3-5-6-8-16-9-14-21(33-15-16)20-13-12-18-19-11-10-17(7-4-2)23(27)25(19)32(31)26(29,30)22(18)24(20)28/h10-13,16,21H,3-9,14-15H2,1-2H3. The van der Waals surface area contributed by atoms with Crippen molar-refractivity contribution in [1.82, 2.24) is 0 Å². The number of halogens is 5. The molecule has 0 aromatic heterocycles. The molecule has 33 heavy (non-hydrogen) atoms. The highest BCUT2D eigenvalue weighted by atomic mass is 19.3. The van der Waals surface area contributed by atoms with Crippen molar-refractivity contribution >= 4 is 5.69 Å². The molecule has 2 nitrogen and oxygen atoms in total. The normalized spacial score (nSPS) is 21.6. The molecule has 1 fully saturated rings. The Morgan fingerprint density at radius 3 is 2.39 bits per heavy atom. The number of rotatable bonds is 7. The fourth-order valence-electron chi connectivity index (χ4n) is 5.04. The number of hydrogen-bond donors (Lipinski definition) is 0. The molecule has 0 bridgehead atoms. The predicted octanol–water partition coefficient (Wildman–Crippen LogP) is 8.39. The number of benzene rings is 2. The highest BCUT2D eigenvalue weighted by Gasteiger charge is 2.51. The van der Waals surface area contributed by atoms with Crippen LogP contribution in [0.2, 0.25) is 0 Å². The summed E-state index contributed by atoms with van der Waals surface area (Å²) >= 11 is 0. The number of anilines is 1. The van der Waals surface area contributed by atoms with E-state index in [2.05, 4.69) is 6.92 Å². The van der Waals surface area contributed by atoms with Gasteiger partial charge in [-0.2, -0.15) is 8.78 Å². The van der Waals surface area contributed by atoms with Gasteiger partial charge in [0.1, 0.15) is 11.5 Å². The predicted molar refractivity (Wildman–Crippen MR) is 119 cm³/mol. The second-order valence-corrected chi connectivity index (χ2v) is 9.16. The number of alkyl halides is 2. The molecule has 180 valence electrons. The Labute approximate surface area is 191 Å². The topological polar surface area (TPSA) is 12.5 Å². The summed E-state index contributed by atoms with van der Waals surface area (Å²) < 4.78 is 81.4. The monoisotopic (exact) mass is 467 g/mol. The smallest absolute Gasteiger partial charge is 0.373 e. The summed E-state index contributed by atoms with van der Waals surface area (Å²) in [5.41, 5.74) is -2.03. The van der Waals surface area contributed by atoms with Crippen LogP contribution in [0, 0.1) is 17.6 Å². The maximum absolute atomic E-state index is 15.5. The summed E-state index contributed by atoms with van der Waals surface area (Å²) in [4.78, 5) is 0. The van der Waals surface area contributed by atoms with Gasteiger partial charge in [0.05, 0.1) is 18.3 Å². The lowest BCUT2D eigenvalue weighted by Gasteiger charge is -2.35. The van der Waals surface area contributed by atoms with Crippen molar-refractivity contribution in [3.63, 3.8) is 0 Å². The lowest BCUT2D eigenvalue weighted by molar-refractivity contribution is -0.0536. The molecule has 0 spiro atoms. The summed E-state index contributed by atoms with van der Waals surface area (Å²) in [6.45, 7) is 4.40. The first kappa shape index (κ1) is 24.0. The number of hydrogen-bond acceptors (Lipinski definition) is 2. The van der Waals surface area contributed by atoms with Crippen LogP contribution in [-0.4, -0.2) is 6.61 Å². The Morgan fingerprint density at radius 1 is 0.970 bits per heavy atom. The average Bonchev–Trinajstić information content (AvgIpc) is 2.79. The van der Waals surface area contributed by atoms with Crippen molar-refractivity contribution in [2.45, 2.75) is 77.4 Å². The number of fused-ring (bicyclic) bond motifs is 3. The van der Waals surface area contributed by atoms with Crippen molar-refractivity contribution in [3.05, 3.63) is 52.6 Å². The molecule has 7 heteroatoms. The number of nitrogens with zero attached hydrogens (tertiary/aromatic N) is 1. The Morgan fingerprint density at radius 2 is 1.73 bits per heavy atom. The van der Waals surface area contributed by atoms with Crippen LogP contribution in [0.1, 0.15) is 81.6 Å². The fourth-order valence-corrected chi connectivity index (χ4v) is 5.04. The van der Waals surface area contributed by atoms with Gasteiger partial charge in [0, 0.05) is 11.1 Å². The third-order valence-corrected chi connectivity index (χ3v) is 6.85. The second-order valence-electron chi connectivity index (χ2n) is 9.16. The molecular weight excluding hydrogens is 437 g/mol. The zero-order chi connectivity index (χ0) is 23.8. The van der Waals surface area contributed by atoms with Crippen molar-refractivity contribution in [2.75, 3.05) is 11.7 Å². The van der Waals surface area contributed by atoms with Gasteiger partial charge < -0.3 is 4.74 Å². The molecule has 2 aliphatic heterocycles. The van der Waals surface area contributed by atoms with E-state index in [-0.39, 0.29) is 28.7 Å². The van der Waals surface area contributed by atoms with Gasteiger partial charge in [-0.05, 0) is 42.7 Å². The SMILES string of the molecule is CCCCCC1CCC(c2ccc3c(c2F)C(F)(F)N(F)c2c-3ccc(CCC)c2F)OC1. The molecule has 2 aromatic carbocycles. The van der Waals surface area contributed by atoms with Gasteiger partial charge in [-0.15, -0.1) is 5.12 Å². The van der Waals surface area contributed by atoms with Crippen molar-refractivity contribution in [3.8, 4) is 11.1 Å². The van der Waals surface area contributed by atoms with Crippen LogP contribution in [0.5, 0.6) is 0 Å². The molecule has 2 unspecified atom stereocenters. The van der Waals surface area contributed by atoms with Crippen LogP contribution in [0.15, 0.2) is 24.3 Å². The van der Waals surface area contributed by atoms with E-state index < -0.39 is 40.2 Å². The molecule has 2 atom stereocenters. The Balaban J connectivity index is 1.67. The van der Waals surface area contributed by atoms with E-state index in [0.717, 1.165) is 32.1 Å². The van der Waals surface area contributed by atoms with Gasteiger partial charge in [0.25, 0.3) is 0 Å². The van der Waals surface area contributed by atoms with Crippen molar-refractivity contribution in [2.24, 2.45) is 5.92 Å². The first-order chi connectivity index (χ1) is 15.8. The summed E-state index contributed by atoms with van der Waals surface area (Å²) in [7, 11) is 0. The van der Waals surface area contributed by atoms with Gasteiger partial charge in [-0.1, -0.05) is 68.3 Å². The van der Waals surface area contributed by atoms with E-state index in [0.29, 0.717) is 25.4 Å². The van der Waals surface area contributed by atoms with E-state index >= 15 is 13.2 Å². The molecule has 0 N–H and O–H groups in total. The van der Waals surface area contributed by atoms with E-state index in [9.17, 15) is 8.87 Å². The number of aryl methyl sites for hydroxylation is 1. The molecule has 0 aliphatic carbocycles. The summed E-state index contributed by atoms with van der Waals surface area (Å²) in [6.07, 6.45) is 5.96. The Kier molecular flexibility index (Phi) is 6.99. The molecule has 2 heterocycles. The lowest BCUT2D eigenvalue weighted by Crippen LogP contribution is -2.38. The van der Waals surface area contributed by atoms with Crippen LogP contribution in [-0.2, 0) is 17.2 Å². The van der Waals surface area contributed by atoms with Crippen molar-refractivity contribution in [1.29, 1.82) is 0 Å². The minimum atomic E-state index is -4.34. The van der Waals surface area contributed by atoms with E-state index in [1.807, 2.05) is 6.92 Å². The fraction of sp³-hybridized carbons (Fsp3) is 0.538. The number of unbranched alkanes of at least 4 members (excludes halogenated alkanes) is 2. The van der Waals surface area contributed by atoms with Crippen LogP contribution < -0.4 is 5.12 Å². The first-order valence-corrected chi connectivity index (χ1v) is 11.9. The first-order valence-electron chi connectivity index (χ1n) is 11.9. The quantitative estimate of drug-likeness (QED) is 0.175. The minimum Gasteiger partial charge on any atom is -0.373 e. The third kappa shape index (κ3) is 4.25. The van der Waals surface area contributed by atoms with E-state index in [1.165, 1.54) is 24.3 Å². The minimum absolute atomic E-state index is 0.000332. The maximum Gasteiger partial charge on any atom is 0.381 e. The molecule has 0 saturated carbocycles. The van der Waals surface area contributed by atoms with E-state index in [4.69, 9.17) is 4.74 Å². The lowest BCUT2D eigenvalue weighted by atomic mass is 9.86. The van der Waals surface area contributed by atoms with Crippen LogP contribution >= 0.6 is 0 Å². The Hall–Kier alpha value is -2.15. The van der Waals surface area contributed by atoms with E-state index in [1.54, 1.807) is 0 Å². The highest BCUT2D eigenvalue weighted by Crippen LogP contribution is 2.53. The molecule has 4 rings (SSSR count). The third-order valence-electron chi connectivity index (χ3n) is 6.85. The van der Waals surface area contributed by atoms with Crippen LogP contribution in [0.25, 0.3) is 11.1 Å². The van der Waals surface area contributed by atoms with Gasteiger partial charge in [0.15, 0.2) is 5.82 Å². The summed E-state index contributed by atoms with van der Waals surface area (Å²) in [5, 5.41) is -0.919. The van der Waals surface area contributed by atoms with Crippen molar-refractivity contribution < 1.29 is 26.8 Å². The van der Waals surface area contributed by atoms with Gasteiger partial charge in [-0.25, -0.2) is 8.78 Å². The Bertz CT molecular complexity index is 1000. The molecule has 2 aromatic rings. The largest absolute Gasteiger partial charge is 0.381 e. The van der Waals surface area contributed by atoms with Gasteiger partial charge >= 0.3 is 6.05 Å². The average molecular weight is 468 g/mol.